The Kier molecular flexibility index (Phi) is 5.12. The van der Waals surface area contributed by atoms with Crippen molar-refractivity contribution >= 4 is 28.6 Å². The molecule has 0 bridgehead atoms. The molecule has 0 atom stereocenters. The van der Waals surface area contributed by atoms with Gasteiger partial charge in [-0.2, -0.15) is 0 Å². The zero-order valence-electron chi connectivity index (χ0n) is 16.8. The standard InChI is InChI=1S/C24H17N3O4S/c28-23-14-31-22-11-8-18(20-15-32-24(25-20)17-4-2-1-3-5-17)12-21(22)26(23)13-16-6-9-19(10-7-16)27(29)30/h1-12,15H,13-14H2. The second-order valence-electron chi connectivity index (χ2n) is 7.28. The Labute approximate surface area is 187 Å². The quantitative estimate of drug-likeness (QED) is 0.308. The smallest absolute Gasteiger partial charge is 0.269 e. The number of nitro groups is 1. The lowest BCUT2D eigenvalue weighted by Gasteiger charge is -2.29. The Balaban J connectivity index is 1.46. The van der Waals surface area contributed by atoms with Gasteiger partial charge in [0.15, 0.2) is 6.61 Å². The van der Waals surface area contributed by atoms with Crippen LogP contribution in [0.1, 0.15) is 5.56 Å². The predicted octanol–water partition coefficient (Wildman–Crippen LogP) is 5.31. The number of anilines is 1. The number of carbonyl (C=O) groups is 1. The fraction of sp³-hybridized carbons (Fsp3) is 0.0833. The summed E-state index contributed by atoms with van der Waals surface area (Å²) in [5.41, 5.74) is 4.23. The maximum atomic E-state index is 12.7. The van der Waals surface area contributed by atoms with Crippen LogP contribution >= 0.6 is 11.3 Å². The lowest BCUT2D eigenvalue weighted by atomic mass is 10.1. The number of hydrogen-bond acceptors (Lipinski definition) is 6. The molecular weight excluding hydrogens is 426 g/mol. The Morgan fingerprint density at radius 2 is 1.81 bits per heavy atom. The molecule has 32 heavy (non-hydrogen) atoms. The summed E-state index contributed by atoms with van der Waals surface area (Å²) in [7, 11) is 0. The molecule has 4 aromatic rings. The number of nitro benzene ring substituents is 1. The van der Waals surface area contributed by atoms with E-state index in [-0.39, 0.29) is 18.2 Å². The molecule has 0 saturated heterocycles. The number of amides is 1. The minimum Gasteiger partial charge on any atom is -0.482 e. The molecule has 1 aliphatic heterocycles. The van der Waals surface area contributed by atoms with Gasteiger partial charge in [-0.15, -0.1) is 11.3 Å². The van der Waals surface area contributed by atoms with Crippen LogP contribution in [0.4, 0.5) is 11.4 Å². The first-order valence-electron chi connectivity index (χ1n) is 9.90. The van der Waals surface area contributed by atoms with E-state index in [1.165, 1.54) is 12.1 Å². The van der Waals surface area contributed by atoms with Crippen LogP contribution in [0, 0.1) is 10.1 Å². The number of ether oxygens (including phenoxy) is 1. The number of rotatable bonds is 5. The maximum absolute atomic E-state index is 12.7. The predicted molar refractivity (Wildman–Crippen MR) is 123 cm³/mol. The molecule has 3 aromatic carbocycles. The van der Waals surface area contributed by atoms with E-state index in [4.69, 9.17) is 9.72 Å². The van der Waals surface area contributed by atoms with Gasteiger partial charge in [-0.3, -0.25) is 14.9 Å². The van der Waals surface area contributed by atoms with Crippen molar-refractivity contribution in [1.82, 2.24) is 4.98 Å². The summed E-state index contributed by atoms with van der Waals surface area (Å²) < 4.78 is 5.62. The first kappa shape index (κ1) is 19.9. The van der Waals surface area contributed by atoms with Gasteiger partial charge in [-0.1, -0.05) is 42.5 Å². The molecule has 0 aliphatic carbocycles. The average Bonchev–Trinajstić information content (AvgIpc) is 3.32. The van der Waals surface area contributed by atoms with Crippen molar-refractivity contribution < 1.29 is 14.5 Å². The second kappa shape index (κ2) is 8.24. The molecule has 8 heteroatoms. The molecule has 158 valence electrons. The molecule has 0 unspecified atom stereocenters. The Morgan fingerprint density at radius 3 is 2.56 bits per heavy atom. The third-order valence-corrected chi connectivity index (χ3v) is 6.10. The van der Waals surface area contributed by atoms with Gasteiger partial charge in [0.1, 0.15) is 10.8 Å². The Morgan fingerprint density at radius 1 is 1.03 bits per heavy atom. The van der Waals surface area contributed by atoms with Crippen LogP contribution in [-0.2, 0) is 11.3 Å². The molecule has 1 aromatic heterocycles. The molecule has 7 nitrogen and oxygen atoms in total. The zero-order chi connectivity index (χ0) is 22.1. The average molecular weight is 443 g/mol. The number of thiazole rings is 1. The Bertz CT molecular complexity index is 1300. The molecule has 5 rings (SSSR count). The van der Waals surface area contributed by atoms with Crippen molar-refractivity contribution in [3.8, 4) is 27.6 Å². The fourth-order valence-electron chi connectivity index (χ4n) is 3.56. The normalized spacial score (nSPS) is 12.9. The fourth-order valence-corrected chi connectivity index (χ4v) is 4.40. The van der Waals surface area contributed by atoms with Crippen molar-refractivity contribution in [2.45, 2.75) is 6.54 Å². The van der Waals surface area contributed by atoms with Crippen molar-refractivity contribution in [1.29, 1.82) is 0 Å². The largest absolute Gasteiger partial charge is 0.482 e. The van der Waals surface area contributed by atoms with Gasteiger partial charge in [0, 0.05) is 28.6 Å². The van der Waals surface area contributed by atoms with E-state index in [9.17, 15) is 14.9 Å². The molecule has 1 amide bonds. The molecule has 1 aliphatic rings. The number of benzene rings is 3. The number of aromatic nitrogens is 1. The van der Waals surface area contributed by atoms with Crippen LogP contribution < -0.4 is 9.64 Å². The van der Waals surface area contributed by atoms with E-state index in [1.54, 1.807) is 28.4 Å². The second-order valence-corrected chi connectivity index (χ2v) is 8.14. The van der Waals surface area contributed by atoms with E-state index in [0.717, 1.165) is 27.4 Å². The van der Waals surface area contributed by atoms with E-state index in [1.807, 2.05) is 53.9 Å². The van der Waals surface area contributed by atoms with Gasteiger partial charge >= 0.3 is 0 Å². The number of non-ortho nitro benzene ring substituents is 1. The SMILES string of the molecule is O=C1COc2ccc(-c3csc(-c4ccccc4)n3)cc2N1Cc1ccc([N+](=O)[O-])cc1. The Hall–Kier alpha value is -4.04. The molecule has 0 radical (unpaired) electrons. The monoisotopic (exact) mass is 443 g/mol. The van der Waals surface area contributed by atoms with Crippen molar-refractivity contribution in [3.63, 3.8) is 0 Å². The van der Waals surface area contributed by atoms with Crippen molar-refractivity contribution in [2.24, 2.45) is 0 Å². The summed E-state index contributed by atoms with van der Waals surface area (Å²) in [6.07, 6.45) is 0. The van der Waals surface area contributed by atoms with E-state index in [2.05, 4.69) is 0 Å². The summed E-state index contributed by atoms with van der Waals surface area (Å²) in [6, 6.07) is 21.9. The minimum atomic E-state index is -0.442. The van der Waals surface area contributed by atoms with Gasteiger partial charge < -0.3 is 9.64 Å². The van der Waals surface area contributed by atoms with E-state index in [0.29, 0.717) is 18.0 Å². The molecule has 0 saturated carbocycles. The van der Waals surface area contributed by atoms with Gasteiger partial charge in [0.2, 0.25) is 0 Å². The topological polar surface area (TPSA) is 85.6 Å². The van der Waals surface area contributed by atoms with Crippen LogP contribution in [0.5, 0.6) is 5.75 Å². The van der Waals surface area contributed by atoms with Crippen LogP contribution in [0.15, 0.2) is 78.2 Å². The summed E-state index contributed by atoms with van der Waals surface area (Å²) >= 11 is 1.56. The molecular formula is C24H17N3O4S. The van der Waals surface area contributed by atoms with Crippen LogP contribution in [-0.4, -0.2) is 22.4 Å². The molecule has 0 fully saturated rings. The first-order valence-corrected chi connectivity index (χ1v) is 10.8. The van der Waals surface area contributed by atoms with Gasteiger partial charge in [-0.05, 0) is 23.8 Å². The highest BCUT2D eigenvalue weighted by molar-refractivity contribution is 7.13. The van der Waals surface area contributed by atoms with E-state index >= 15 is 0 Å². The van der Waals surface area contributed by atoms with Crippen LogP contribution in [0.2, 0.25) is 0 Å². The lowest BCUT2D eigenvalue weighted by Crippen LogP contribution is -2.38. The maximum Gasteiger partial charge on any atom is 0.269 e. The number of carbonyl (C=O) groups excluding carboxylic acids is 1. The lowest BCUT2D eigenvalue weighted by molar-refractivity contribution is -0.384. The highest BCUT2D eigenvalue weighted by atomic mass is 32.1. The van der Waals surface area contributed by atoms with Gasteiger partial charge in [0.05, 0.1) is 22.8 Å². The van der Waals surface area contributed by atoms with Crippen molar-refractivity contribution in [2.75, 3.05) is 11.5 Å². The van der Waals surface area contributed by atoms with Crippen LogP contribution in [0.25, 0.3) is 21.8 Å². The van der Waals surface area contributed by atoms with Crippen molar-refractivity contribution in [3.05, 3.63) is 93.9 Å². The zero-order valence-corrected chi connectivity index (χ0v) is 17.6. The highest BCUT2D eigenvalue weighted by Crippen LogP contribution is 2.38. The van der Waals surface area contributed by atoms with Crippen LogP contribution in [0.3, 0.4) is 0 Å². The molecule has 2 heterocycles. The molecule has 0 N–H and O–H groups in total. The summed E-state index contributed by atoms with van der Waals surface area (Å²) in [5.74, 6) is 0.449. The van der Waals surface area contributed by atoms with Gasteiger partial charge in [-0.25, -0.2) is 4.98 Å². The third-order valence-electron chi connectivity index (χ3n) is 5.21. The van der Waals surface area contributed by atoms with Gasteiger partial charge in [0.25, 0.3) is 11.6 Å². The summed E-state index contributed by atoms with van der Waals surface area (Å²) in [6.45, 7) is 0.247. The first-order chi connectivity index (χ1) is 15.6. The summed E-state index contributed by atoms with van der Waals surface area (Å²) in [4.78, 5) is 29.5. The highest BCUT2D eigenvalue weighted by Gasteiger charge is 2.26. The third kappa shape index (κ3) is 3.83. The summed E-state index contributed by atoms with van der Waals surface area (Å²) in [5, 5.41) is 13.8. The number of nitrogens with zero attached hydrogens (tertiary/aromatic N) is 3. The number of hydrogen-bond donors (Lipinski definition) is 0. The van der Waals surface area contributed by atoms with E-state index < -0.39 is 4.92 Å². The molecule has 0 spiro atoms. The number of fused-ring (bicyclic) bond motifs is 1. The minimum absolute atomic E-state index is 0.0162.